The monoisotopic (exact) mass is 219 g/mol. The Labute approximate surface area is 97.9 Å². The predicted octanol–water partition coefficient (Wildman–Crippen LogP) is 2.59. The van der Waals surface area contributed by atoms with Crippen LogP contribution in [0.15, 0.2) is 24.3 Å². The molecule has 1 aliphatic rings. The van der Waals surface area contributed by atoms with Crippen LogP contribution >= 0.6 is 0 Å². The lowest BCUT2D eigenvalue weighted by atomic mass is 9.94. The molecule has 1 saturated heterocycles. The maximum atomic E-state index is 9.00. The highest BCUT2D eigenvalue weighted by Gasteiger charge is 2.19. The molecule has 0 radical (unpaired) electrons. The fourth-order valence-corrected chi connectivity index (χ4v) is 2.54. The van der Waals surface area contributed by atoms with E-state index >= 15 is 0 Å². The second-order valence-electron chi connectivity index (χ2n) is 4.81. The second-order valence-corrected chi connectivity index (χ2v) is 4.81. The lowest BCUT2D eigenvalue weighted by Gasteiger charge is -2.34. The van der Waals surface area contributed by atoms with Gasteiger partial charge in [0, 0.05) is 25.4 Å². The van der Waals surface area contributed by atoms with Crippen LogP contribution in [0.4, 0.5) is 5.69 Å². The Hall–Kier alpha value is -1.02. The molecular formula is C14H21NO. The van der Waals surface area contributed by atoms with E-state index < -0.39 is 0 Å². The standard InChI is InChI=1S/C14H21NO/c1-12-4-2-6-14(10-12)15-8-3-5-13(11-15)7-9-16/h2,4,6,10,13,16H,3,5,7-9,11H2,1H3. The lowest BCUT2D eigenvalue weighted by Crippen LogP contribution is -2.35. The molecule has 16 heavy (non-hydrogen) atoms. The van der Waals surface area contributed by atoms with E-state index in [0.29, 0.717) is 12.5 Å². The van der Waals surface area contributed by atoms with Crippen LogP contribution in [0.5, 0.6) is 0 Å². The van der Waals surface area contributed by atoms with Crippen molar-refractivity contribution in [1.29, 1.82) is 0 Å². The van der Waals surface area contributed by atoms with Gasteiger partial charge in [-0.05, 0) is 49.8 Å². The van der Waals surface area contributed by atoms with E-state index in [9.17, 15) is 0 Å². The van der Waals surface area contributed by atoms with Crippen LogP contribution in [0.2, 0.25) is 0 Å². The topological polar surface area (TPSA) is 23.5 Å². The van der Waals surface area contributed by atoms with Crippen LogP contribution in [0.1, 0.15) is 24.8 Å². The van der Waals surface area contributed by atoms with Crippen molar-refractivity contribution in [2.75, 3.05) is 24.6 Å². The van der Waals surface area contributed by atoms with Crippen LogP contribution in [-0.2, 0) is 0 Å². The predicted molar refractivity (Wildman–Crippen MR) is 67.8 cm³/mol. The van der Waals surface area contributed by atoms with Crippen LogP contribution in [0.3, 0.4) is 0 Å². The Balaban J connectivity index is 2.03. The molecule has 1 aromatic carbocycles. The van der Waals surface area contributed by atoms with Crippen molar-refractivity contribution in [1.82, 2.24) is 0 Å². The van der Waals surface area contributed by atoms with Gasteiger partial charge < -0.3 is 10.0 Å². The molecule has 0 saturated carbocycles. The molecule has 1 aromatic rings. The molecule has 0 spiro atoms. The van der Waals surface area contributed by atoms with E-state index in [-0.39, 0.29) is 0 Å². The average Bonchev–Trinajstić information content (AvgIpc) is 2.30. The zero-order valence-corrected chi connectivity index (χ0v) is 10.0. The number of piperidine rings is 1. The molecule has 0 aliphatic carbocycles. The molecule has 0 bridgehead atoms. The zero-order valence-electron chi connectivity index (χ0n) is 10.0. The summed E-state index contributed by atoms with van der Waals surface area (Å²) in [5.74, 6) is 0.666. The molecule has 88 valence electrons. The molecule has 1 fully saturated rings. The van der Waals surface area contributed by atoms with E-state index in [4.69, 9.17) is 5.11 Å². The molecule has 1 aliphatic heterocycles. The molecule has 1 unspecified atom stereocenters. The van der Waals surface area contributed by atoms with Gasteiger partial charge in [0.2, 0.25) is 0 Å². The number of aliphatic hydroxyl groups is 1. The van der Waals surface area contributed by atoms with E-state index in [1.54, 1.807) is 0 Å². The molecule has 1 atom stereocenters. The Morgan fingerprint density at radius 1 is 1.44 bits per heavy atom. The number of nitrogens with zero attached hydrogens (tertiary/aromatic N) is 1. The van der Waals surface area contributed by atoms with Gasteiger partial charge in [0.1, 0.15) is 0 Å². The summed E-state index contributed by atoms with van der Waals surface area (Å²) < 4.78 is 0. The smallest absolute Gasteiger partial charge is 0.0434 e. The summed E-state index contributed by atoms with van der Waals surface area (Å²) in [5, 5.41) is 9.00. The first kappa shape index (κ1) is 11.5. The Kier molecular flexibility index (Phi) is 3.83. The normalized spacial score (nSPS) is 21.1. The SMILES string of the molecule is Cc1cccc(N2CCCC(CCO)C2)c1. The number of aliphatic hydroxyl groups excluding tert-OH is 1. The fourth-order valence-electron chi connectivity index (χ4n) is 2.54. The molecular weight excluding hydrogens is 198 g/mol. The summed E-state index contributed by atoms with van der Waals surface area (Å²) in [4.78, 5) is 2.46. The van der Waals surface area contributed by atoms with Crippen molar-refractivity contribution in [3.05, 3.63) is 29.8 Å². The lowest BCUT2D eigenvalue weighted by molar-refractivity contribution is 0.244. The Morgan fingerprint density at radius 2 is 2.31 bits per heavy atom. The second kappa shape index (κ2) is 5.35. The molecule has 2 nitrogen and oxygen atoms in total. The third kappa shape index (κ3) is 2.76. The van der Waals surface area contributed by atoms with Gasteiger partial charge in [0.05, 0.1) is 0 Å². The van der Waals surface area contributed by atoms with E-state index in [2.05, 4.69) is 36.1 Å². The third-order valence-electron chi connectivity index (χ3n) is 3.42. The van der Waals surface area contributed by atoms with Gasteiger partial charge in [-0.3, -0.25) is 0 Å². The van der Waals surface area contributed by atoms with Gasteiger partial charge >= 0.3 is 0 Å². The van der Waals surface area contributed by atoms with Crippen LogP contribution in [-0.4, -0.2) is 24.8 Å². The fraction of sp³-hybridized carbons (Fsp3) is 0.571. The number of anilines is 1. The first-order chi connectivity index (χ1) is 7.79. The van der Waals surface area contributed by atoms with Crippen LogP contribution in [0, 0.1) is 12.8 Å². The van der Waals surface area contributed by atoms with Crippen molar-refractivity contribution < 1.29 is 5.11 Å². The largest absolute Gasteiger partial charge is 0.396 e. The molecule has 2 rings (SSSR count). The van der Waals surface area contributed by atoms with E-state index in [1.165, 1.54) is 24.1 Å². The summed E-state index contributed by atoms with van der Waals surface area (Å²) in [7, 11) is 0. The third-order valence-corrected chi connectivity index (χ3v) is 3.42. The molecule has 0 amide bonds. The highest BCUT2D eigenvalue weighted by molar-refractivity contribution is 5.48. The van der Waals surface area contributed by atoms with Crippen LogP contribution in [0.25, 0.3) is 0 Å². The van der Waals surface area contributed by atoms with Gasteiger partial charge in [-0.15, -0.1) is 0 Å². The Bertz CT molecular complexity index is 335. The molecule has 2 heteroatoms. The van der Waals surface area contributed by atoms with Crippen molar-refractivity contribution in [3.8, 4) is 0 Å². The molecule has 0 aromatic heterocycles. The highest BCUT2D eigenvalue weighted by Crippen LogP contribution is 2.25. The van der Waals surface area contributed by atoms with Crippen LogP contribution < -0.4 is 4.90 Å². The Morgan fingerprint density at radius 3 is 3.06 bits per heavy atom. The minimum absolute atomic E-state index is 0.326. The van der Waals surface area contributed by atoms with E-state index in [1.807, 2.05) is 0 Å². The average molecular weight is 219 g/mol. The first-order valence-corrected chi connectivity index (χ1v) is 6.22. The minimum atomic E-state index is 0.326. The maximum Gasteiger partial charge on any atom is 0.0434 e. The summed E-state index contributed by atoms with van der Waals surface area (Å²) in [5.41, 5.74) is 2.66. The quantitative estimate of drug-likeness (QED) is 0.844. The van der Waals surface area contributed by atoms with Gasteiger partial charge in [0.15, 0.2) is 0 Å². The van der Waals surface area contributed by atoms with Gasteiger partial charge in [-0.25, -0.2) is 0 Å². The highest BCUT2D eigenvalue weighted by atomic mass is 16.3. The van der Waals surface area contributed by atoms with Gasteiger partial charge in [-0.2, -0.15) is 0 Å². The number of aryl methyl sites for hydroxylation is 1. The van der Waals surface area contributed by atoms with Gasteiger partial charge in [0.25, 0.3) is 0 Å². The number of hydrogen-bond donors (Lipinski definition) is 1. The van der Waals surface area contributed by atoms with Gasteiger partial charge in [-0.1, -0.05) is 12.1 Å². The number of rotatable bonds is 3. The summed E-state index contributed by atoms with van der Waals surface area (Å²) in [6, 6.07) is 8.70. The number of hydrogen-bond acceptors (Lipinski definition) is 2. The summed E-state index contributed by atoms with van der Waals surface area (Å²) >= 11 is 0. The van der Waals surface area contributed by atoms with Crippen molar-refractivity contribution in [2.24, 2.45) is 5.92 Å². The molecule has 1 N–H and O–H groups in total. The van der Waals surface area contributed by atoms with Crippen molar-refractivity contribution in [3.63, 3.8) is 0 Å². The van der Waals surface area contributed by atoms with Crippen molar-refractivity contribution >= 4 is 5.69 Å². The first-order valence-electron chi connectivity index (χ1n) is 6.22. The number of benzene rings is 1. The zero-order chi connectivity index (χ0) is 11.4. The maximum absolute atomic E-state index is 9.00. The summed E-state index contributed by atoms with van der Waals surface area (Å²) in [6.07, 6.45) is 3.46. The summed E-state index contributed by atoms with van der Waals surface area (Å²) in [6.45, 7) is 4.72. The van der Waals surface area contributed by atoms with Crippen molar-refractivity contribution in [2.45, 2.75) is 26.2 Å². The van der Waals surface area contributed by atoms with E-state index in [0.717, 1.165) is 19.5 Å². The molecule has 1 heterocycles. The minimum Gasteiger partial charge on any atom is -0.396 e.